The van der Waals surface area contributed by atoms with Crippen molar-refractivity contribution in [2.24, 2.45) is 0 Å². The summed E-state index contributed by atoms with van der Waals surface area (Å²) in [6.45, 7) is 0. The van der Waals surface area contributed by atoms with E-state index in [1.807, 2.05) is 30.3 Å². The lowest BCUT2D eigenvalue weighted by Crippen LogP contribution is -2.50. The normalized spacial score (nSPS) is 16.2. The number of hydrogen-bond acceptors (Lipinski definition) is 4. The lowest BCUT2D eigenvalue weighted by Gasteiger charge is -2.42. The molecule has 1 aliphatic rings. The van der Waals surface area contributed by atoms with Gasteiger partial charge in [0.1, 0.15) is 16.4 Å². The van der Waals surface area contributed by atoms with Crippen molar-refractivity contribution in [3.63, 3.8) is 0 Å². The van der Waals surface area contributed by atoms with Crippen LogP contribution < -0.4 is 14.2 Å². The predicted molar refractivity (Wildman–Crippen MR) is 91.8 cm³/mol. The third kappa shape index (κ3) is 2.99. The van der Waals surface area contributed by atoms with Crippen LogP contribution in [-0.4, -0.2) is 22.6 Å². The second kappa shape index (κ2) is 6.45. The molecule has 0 spiro atoms. The van der Waals surface area contributed by atoms with E-state index in [0.29, 0.717) is 5.75 Å². The standard InChI is InChI=1S/C18H21NO4S/c1-22-15-9-10-17(16(13-15)23-2)24(20,21)19-18(11-6-12-18)14-7-4-3-5-8-14/h3-5,7-10,13,19H,6,11-12H2,1-2H3. The molecule has 0 aliphatic heterocycles. The molecule has 2 aromatic carbocycles. The van der Waals surface area contributed by atoms with E-state index in [0.717, 1.165) is 24.8 Å². The maximum absolute atomic E-state index is 13.0. The largest absolute Gasteiger partial charge is 0.497 e. The Hall–Kier alpha value is -2.05. The molecule has 0 bridgehead atoms. The summed E-state index contributed by atoms with van der Waals surface area (Å²) in [6, 6.07) is 14.4. The van der Waals surface area contributed by atoms with Crippen LogP contribution in [0, 0.1) is 0 Å². The number of benzene rings is 2. The van der Waals surface area contributed by atoms with Gasteiger partial charge in [0.15, 0.2) is 0 Å². The molecule has 6 heteroatoms. The molecule has 1 saturated carbocycles. The molecule has 0 heterocycles. The molecular weight excluding hydrogens is 326 g/mol. The van der Waals surface area contributed by atoms with Crippen LogP contribution >= 0.6 is 0 Å². The summed E-state index contributed by atoms with van der Waals surface area (Å²) >= 11 is 0. The first-order chi connectivity index (χ1) is 11.5. The fourth-order valence-corrected chi connectivity index (χ4v) is 4.65. The molecule has 0 atom stereocenters. The van der Waals surface area contributed by atoms with E-state index in [-0.39, 0.29) is 10.6 Å². The van der Waals surface area contributed by atoms with Crippen molar-refractivity contribution in [2.45, 2.75) is 29.7 Å². The fraction of sp³-hybridized carbons (Fsp3) is 0.333. The first-order valence-corrected chi connectivity index (χ1v) is 9.31. The molecule has 0 radical (unpaired) electrons. The zero-order chi connectivity index (χ0) is 17.2. The molecule has 2 aromatic rings. The van der Waals surface area contributed by atoms with Crippen LogP contribution in [0.25, 0.3) is 0 Å². The Morgan fingerprint density at radius 2 is 1.71 bits per heavy atom. The molecule has 0 aromatic heterocycles. The molecule has 0 amide bonds. The highest BCUT2D eigenvalue weighted by Crippen LogP contribution is 2.43. The summed E-state index contributed by atoms with van der Waals surface area (Å²) in [4.78, 5) is 0.119. The molecule has 1 fully saturated rings. The lowest BCUT2D eigenvalue weighted by molar-refractivity contribution is 0.224. The van der Waals surface area contributed by atoms with E-state index in [1.165, 1.54) is 20.3 Å². The summed E-state index contributed by atoms with van der Waals surface area (Å²) < 4.78 is 39.2. The Bertz CT molecular complexity index is 814. The molecule has 1 N–H and O–H groups in total. The Labute approximate surface area is 142 Å². The minimum Gasteiger partial charge on any atom is -0.497 e. The monoisotopic (exact) mass is 347 g/mol. The third-order valence-corrected chi connectivity index (χ3v) is 6.10. The number of methoxy groups -OCH3 is 2. The van der Waals surface area contributed by atoms with Crippen molar-refractivity contribution in [2.75, 3.05) is 14.2 Å². The van der Waals surface area contributed by atoms with Crippen molar-refractivity contribution in [3.05, 3.63) is 54.1 Å². The number of ether oxygens (including phenoxy) is 2. The molecular formula is C18H21NO4S. The van der Waals surface area contributed by atoms with Crippen LogP contribution in [-0.2, 0) is 15.6 Å². The summed E-state index contributed by atoms with van der Waals surface area (Å²) in [5, 5.41) is 0. The third-order valence-electron chi connectivity index (χ3n) is 4.52. The van der Waals surface area contributed by atoms with Gasteiger partial charge in [-0.15, -0.1) is 0 Å². The number of sulfonamides is 1. The minimum absolute atomic E-state index is 0.119. The van der Waals surface area contributed by atoms with Gasteiger partial charge in [0.25, 0.3) is 0 Å². The maximum Gasteiger partial charge on any atom is 0.245 e. The van der Waals surface area contributed by atoms with Crippen molar-refractivity contribution in [1.29, 1.82) is 0 Å². The Balaban J connectivity index is 1.97. The van der Waals surface area contributed by atoms with Gasteiger partial charge in [-0.3, -0.25) is 0 Å². The van der Waals surface area contributed by atoms with Gasteiger partial charge < -0.3 is 9.47 Å². The van der Waals surface area contributed by atoms with Gasteiger partial charge in [0.2, 0.25) is 10.0 Å². The highest BCUT2D eigenvalue weighted by molar-refractivity contribution is 7.89. The van der Waals surface area contributed by atoms with Crippen molar-refractivity contribution >= 4 is 10.0 Å². The molecule has 128 valence electrons. The van der Waals surface area contributed by atoms with E-state index < -0.39 is 15.6 Å². The van der Waals surface area contributed by atoms with Crippen LogP contribution in [0.1, 0.15) is 24.8 Å². The highest BCUT2D eigenvalue weighted by Gasteiger charge is 2.42. The van der Waals surface area contributed by atoms with Crippen LogP contribution in [0.2, 0.25) is 0 Å². The van der Waals surface area contributed by atoms with Crippen LogP contribution in [0.5, 0.6) is 11.5 Å². The van der Waals surface area contributed by atoms with Crippen LogP contribution in [0.15, 0.2) is 53.4 Å². The summed E-state index contributed by atoms with van der Waals surface area (Å²) in [5.74, 6) is 0.816. The zero-order valence-electron chi connectivity index (χ0n) is 13.8. The fourth-order valence-electron chi connectivity index (χ4n) is 3.05. The van der Waals surface area contributed by atoms with Gasteiger partial charge in [-0.2, -0.15) is 0 Å². The maximum atomic E-state index is 13.0. The van der Waals surface area contributed by atoms with Crippen LogP contribution in [0.4, 0.5) is 0 Å². The van der Waals surface area contributed by atoms with Gasteiger partial charge in [-0.05, 0) is 37.0 Å². The molecule has 0 saturated heterocycles. The van der Waals surface area contributed by atoms with Gasteiger partial charge in [0.05, 0.1) is 19.8 Å². The minimum atomic E-state index is -3.73. The smallest absolute Gasteiger partial charge is 0.245 e. The van der Waals surface area contributed by atoms with Crippen molar-refractivity contribution in [1.82, 2.24) is 4.72 Å². The Kier molecular flexibility index (Phi) is 4.51. The quantitative estimate of drug-likeness (QED) is 0.872. The zero-order valence-corrected chi connectivity index (χ0v) is 14.6. The highest BCUT2D eigenvalue weighted by atomic mass is 32.2. The van der Waals surface area contributed by atoms with Crippen LogP contribution in [0.3, 0.4) is 0 Å². The second-order valence-electron chi connectivity index (χ2n) is 5.92. The molecule has 5 nitrogen and oxygen atoms in total. The van der Waals surface area contributed by atoms with Gasteiger partial charge in [-0.25, -0.2) is 13.1 Å². The molecule has 24 heavy (non-hydrogen) atoms. The van der Waals surface area contributed by atoms with E-state index in [1.54, 1.807) is 12.1 Å². The summed E-state index contributed by atoms with van der Waals surface area (Å²) in [7, 11) is -0.749. The first kappa shape index (κ1) is 16.8. The average Bonchev–Trinajstić information content (AvgIpc) is 2.58. The number of hydrogen-bond donors (Lipinski definition) is 1. The average molecular weight is 347 g/mol. The van der Waals surface area contributed by atoms with Gasteiger partial charge in [0, 0.05) is 6.07 Å². The van der Waals surface area contributed by atoms with E-state index in [2.05, 4.69) is 4.72 Å². The molecule has 3 rings (SSSR count). The number of nitrogens with one attached hydrogen (secondary N) is 1. The van der Waals surface area contributed by atoms with Crippen molar-refractivity contribution in [3.8, 4) is 11.5 Å². The van der Waals surface area contributed by atoms with Gasteiger partial charge >= 0.3 is 0 Å². The molecule has 0 unspecified atom stereocenters. The summed E-state index contributed by atoms with van der Waals surface area (Å²) in [6.07, 6.45) is 2.57. The Morgan fingerprint density at radius 3 is 2.25 bits per heavy atom. The van der Waals surface area contributed by atoms with E-state index in [9.17, 15) is 8.42 Å². The van der Waals surface area contributed by atoms with E-state index in [4.69, 9.17) is 9.47 Å². The topological polar surface area (TPSA) is 64.6 Å². The van der Waals surface area contributed by atoms with Gasteiger partial charge in [-0.1, -0.05) is 30.3 Å². The first-order valence-electron chi connectivity index (χ1n) is 7.82. The van der Waals surface area contributed by atoms with E-state index >= 15 is 0 Å². The molecule has 1 aliphatic carbocycles. The lowest BCUT2D eigenvalue weighted by atomic mass is 9.73. The predicted octanol–water partition coefficient (Wildman–Crippen LogP) is 3.06. The second-order valence-corrected chi connectivity index (χ2v) is 7.57. The SMILES string of the molecule is COc1ccc(S(=O)(=O)NC2(c3ccccc3)CCC2)c(OC)c1. The Morgan fingerprint density at radius 1 is 1.00 bits per heavy atom. The van der Waals surface area contributed by atoms with Crippen molar-refractivity contribution < 1.29 is 17.9 Å². The summed E-state index contributed by atoms with van der Waals surface area (Å²) in [5.41, 5.74) is 0.456. The number of rotatable bonds is 6.